The molecule has 0 amide bonds. The lowest BCUT2D eigenvalue weighted by Crippen LogP contribution is -2.29. The lowest BCUT2D eigenvalue weighted by molar-refractivity contribution is 0.261. The minimum absolute atomic E-state index is 0.288. The Labute approximate surface area is 107 Å². The van der Waals surface area contributed by atoms with E-state index in [1.165, 1.54) is 25.9 Å². The Morgan fingerprint density at radius 2 is 1.94 bits per heavy atom. The van der Waals surface area contributed by atoms with E-state index < -0.39 is 0 Å². The maximum Gasteiger partial charge on any atom is 0.216 e. The van der Waals surface area contributed by atoms with Gasteiger partial charge in [-0.05, 0) is 50.2 Å². The Bertz CT molecular complexity index is 435. The fourth-order valence-electron chi connectivity index (χ4n) is 2.56. The molecule has 0 saturated carbocycles. The summed E-state index contributed by atoms with van der Waals surface area (Å²) in [4.78, 5) is 7.14. The van der Waals surface area contributed by atoms with Crippen LogP contribution >= 0.6 is 0 Å². The first kappa shape index (κ1) is 11.5. The van der Waals surface area contributed by atoms with Crippen LogP contribution in [-0.4, -0.2) is 43.1 Å². The van der Waals surface area contributed by atoms with Crippen molar-refractivity contribution in [3.05, 3.63) is 29.8 Å². The van der Waals surface area contributed by atoms with Crippen molar-refractivity contribution in [3.8, 4) is 0 Å². The molecule has 0 aliphatic carbocycles. The fraction of sp³-hybridized carbons (Fsp3) is 0.500. The maximum absolute atomic E-state index is 5.68. The first-order chi connectivity index (χ1) is 8.81. The normalized spacial score (nSPS) is 24.0. The van der Waals surface area contributed by atoms with Crippen LogP contribution in [0.5, 0.6) is 0 Å². The summed E-state index contributed by atoms with van der Waals surface area (Å²) in [5, 5.41) is 0. The van der Waals surface area contributed by atoms with Crippen molar-refractivity contribution in [2.75, 3.05) is 32.0 Å². The zero-order valence-corrected chi connectivity index (χ0v) is 10.5. The van der Waals surface area contributed by atoms with Gasteiger partial charge in [0.2, 0.25) is 5.90 Å². The summed E-state index contributed by atoms with van der Waals surface area (Å²) < 4.78 is 5.68. The molecule has 1 atom stereocenters. The number of nitrogens with zero attached hydrogens (tertiary/aromatic N) is 2. The molecule has 1 saturated heterocycles. The zero-order chi connectivity index (χ0) is 12.4. The first-order valence-corrected chi connectivity index (χ1v) is 6.60. The van der Waals surface area contributed by atoms with E-state index in [-0.39, 0.29) is 6.04 Å². The van der Waals surface area contributed by atoms with Crippen molar-refractivity contribution in [1.29, 1.82) is 0 Å². The van der Waals surface area contributed by atoms with Gasteiger partial charge in [0.1, 0.15) is 12.6 Å². The highest BCUT2D eigenvalue weighted by Gasteiger charge is 2.23. The molecular formula is C14H19N3O. The van der Waals surface area contributed by atoms with Gasteiger partial charge in [-0.25, -0.2) is 4.99 Å². The number of likely N-dealkylation sites (tertiary alicyclic amines) is 1. The molecular weight excluding hydrogens is 226 g/mol. The van der Waals surface area contributed by atoms with E-state index in [0.29, 0.717) is 6.61 Å². The van der Waals surface area contributed by atoms with E-state index >= 15 is 0 Å². The van der Waals surface area contributed by atoms with E-state index in [0.717, 1.165) is 23.7 Å². The average Bonchev–Trinajstić information content (AvgIpc) is 3.02. The van der Waals surface area contributed by atoms with Gasteiger partial charge in [-0.3, -0.25) is 0 Å². The standard InChI is InChI=1S/C14H19N3O/c15-12-5-3-11(4-6-12)14-16-13(10-18-14)9-17-7-1-2-8-17/h3-6,13H,1-2,7-10,15H2/t13-/m1/s1. The van der Waals surface area contributed by atoms with Gasteiger partial charge in [0, 0.05) is 17.8 Å². The predicted molar refractivity (Wildman–Crippen MR) is 72.8 cm³/mol. The Morgan fingerprint density at radius 3 is 2.67 bits per heavy atom. The Balaban J connectivity index is 1.65. The highest BCUT2D eigenvalue weighted by atomic mass is 16.5. The Morgan fingerprint density at radius 1 is 1.22 bits per heavy atom. The molecule has 2 N–H and O–H groups in total. The predicted octanol–water partition coefficient (Wildman–Crippen LogP) is 1.51. The van der Waals surface area contributed by atoms with E-state index in [1.807, 2.05) is 24.3 Å². The highest BCUT2D eigenvalue weighted by molar-refractivity contribution is 5.95. The summed E-state index contributed by atoms with van der Waals surface area (Å²) in [5.41, 5.74) is 7.46. The molecule has 4 nitrogen and oxygen atoms in total. The van der Waals surface area contributed by atoms with Crippen LogP contribution in [0.3, 0.4) is 0 Å². The molecule has 3 rings (SSSR count). The van der Waals surface area contributed by atoms with Crippen molar-refractivity contribution < 1.29 is 4.74 Å². The molecule has 0 aromatic heterocycles. The quantitative estimate of drug-likeness (QED) is 0.821. The number of nitrogen functional groups attached to an aromatic ring is 1. The van der Waals surface area contributed by atoms with Gasteiger partial charge >= 0.3 is 0 Å². The van der Waals surface area contributed by atoms with E-state index in [4.69, 9.17) is 10.5 Å². The molecule has 2 aliphatic rings. The van der Waals surface area contributed by atoms with Gasteiger partial charge in [-0.1, -0.05) is 0 Å². The topological polar surface area (TPSA) is 50.8 Å². The second-order valence-electron chi connectivity index (χ2n) is 5.03. The lowest BCUT2D eigenvalue weighted by atomic mass is 10.2. The van der Waals surface area contributed by atoms with Crippen LogP contribution in [0, 0.1) is 0 Å². The molecule has 96 valence electrons. The molecule has 0 radical (unpaired) electrons. The van der Waals surface area contributed by atoms with Crippen LogP contribution in [0.1, 0.15) is 18.4 Å². The van der Waals surface area contributed by atoms with Gasteiger partial charge in [0.05, 0.1) is 0 Å². The summed E-state index contributed by atoms with van der Waals surface area (Å²) in [7, 11) is 0. The molecule has 2 aliphatic heterocycles. The van der Waals surface area contributed by atoms with Crippen LogP contribution in [0.15, 0.2) is 29.3 Å². The molecule has 0 bridgehead atoms. The molecule has 0 spiro atoms. The van der Waals surface area contributed by atoms with Crippen LogP contribution < -0.4 is 5.73 Å². The Kier molecular flexibility index (Phi) is 3.19. The van der Waals surface area contributed by atoms with E-state index in [2.05, 4.69) is 9.89 Å². The number of hydrogen-bond acceptors (Lipinski definition) is 4. The zero-order valence-electron chi connectivity index (χ0n) is 10.5. The summed E-state index contributed by atoms with van der Waals surface area (Å²) in [5.74, 6) is 0.763. The van der Waals surface area contributed by atoms with Crippen LogP contribution in [-0.2, 0) is 4.74 Å². The van der Waals surface area contributed by atoms with Crippen molar-refractivity contribution in [3.63, 3.8) is 0 Å². The van der Waals surface area contributed by atoms with Crippen molar-refractivity contribution in [2.24, 2.45) is 4.99 Å². The van der Waals surface area contributed by atoms with Gasteiger partial charge in [-0.15, -0.1) is 0 Å². The number of hydrogen-bond donors (Lipinski definition) is 1. The molecule has 18 heavy (non-hydrogen) atoms. The number of aliphatic imine (C=N–C) groups is 1. The molecule has 1 aromatic rings. The smallest absolute Gasteiger partial charge is 0.216 e. The second kappa shape index (κ2) is 4.98. The summed E-state index contributed by atoms with van der Waals surface area (Å²) in [6.45, 7) is 4.15. The maximum atomic E-state index is 5.68. The van der Waals surface area contributed by atoms with Crippen molar-refractivity contribution >= 4 is 11.6 Å². The van der Waals surface area contributed by atoms with Crippen LogP contribution in [0.4, 0.5) is 5.69 Å². The highest BCUT2D eigenvalue weighted by Crippen LogP contribution is 2.16. The third kappa shape index (κ3) is 2.48. The molecule has 4 heteroatoms. The number of benzene rings is 1. The van der Waals surface area contributed by atoms with Crippen LogP contribution in [0.25, 0.3) is 0 Å². The van der Waals surface area contributed by atoms with Gasteiger partial charge in [0.25, 0.3) is 0 Å². The molecule has 1 aromatic carbocycles. The molecule has 2 heterocycles. The van der Waals surface area contributed by atoms with Crippen molar-refractivity contribution in [1.82, 2.24) is 4.90 Å². The minimum atomic E-state index is 0.288. The average molecular weight is 245 g/mol. The number of rotatable bonds is 3. The minimum Gasteiger partial charge on any atom is -0.475 e. The first-order valence-electron chi connectivity index (χ1n) is 6.60. The lowest BCUT2D eigenvalue weighted by Gasteiger charge is -2.16. The molecule has 0 unspecified atom stereocenters. The largest absolute Gasteiger partial charge is 0.475 e. The van der Waals surface area contributed by atoms with Gasteiger partial charge in [0.15, 0.2) is 0 Å². The van der Waals surface area contributed by atoms with Crippen LogP contribution in [0.2, 0.25) is 0 Å². The van der Waals surface area contributed by atoms with Gasteiger partial charge in [-0.2, -0.15) is 0 Å². The fourth-order valence-corrected chi connectivity index (χ4v) is 2.56. The summed E-state index contributed by atoms with van der Waals surface area (Å²) >= 11 is 0. The van der Waals surface area contributed by atoms with Crippen molar-refractivity contribution in [2.45, 2.75) is 18.9 Å². The molecule has 1 fully saturated rings. The monoisotopic (exact) mass is 245 g/mol. The Hall–Kier alpha value is -1.55. The number of ether oxygens (including phenoxy) is 1. The third-order valence-electron chi connectivity index (χ3n) is 3.54. The third-order valence-corrected chi connectivity index (χ3v) is 3.54. The summed E-state index contributed by atoms with van der Waals surface area (Å²) in [6.07, 6.45) is 2.64. The number of nitrogens with two attached hydrogens (primary N) is 1. The van der Waals surface area contributed by atoms with E-state index in [9.17, 15) is 0 Å². The van der Waals surface area contributed by atoms with E-state index in [1.54, 1.807) is 0 Å². The number of anilines is 1. The second-order valence-corrected chi connectivity index (χ2v) is 5.03. The van der Waals surface area contributed by atoms with Gasteiger partial charge < -0.3 is 15.4 Å². The summed E-state index contributed by atoms with van der Waals surface area (Å²) in [6, 6.07) is 7.98. The SMILES string of the molecule is Nc1ccc(C2=N[C@H](CN3CCCC3)CO2)cc1.